The zero-order chi connectivity index (χ0) is 6.69. The number of rotatable bonds is 1. The van der Waals surface area contributed by atoms with Crippen molar-refractivity contribution in [2.75, 3.05) is 7.11 Å². The highest BCUT2D eigenvalue weighted by Crippen LogP contribution is 2.17. The van der Waals surface area contributed by atoms with E-state index in [1.807, 2.05) is 0 Å². The molecular weight excluding hydrogens is 112 g/mol. The third kappa shape index (κ3) is 1.83. The Morgan fingerprint density at radius 3 is 2.56 bits per heavy atom. The van der Waals surface area contributed by atoms with Crippen LogP contribution in [0.3, 0.4) is 0 Å². The zero-order valence-corrected chi connectivity index (χ0v) is 6.13. The zero-order valence-electron chi connectivity index (χ0n) is 6.13. The Hall–Kier alpha value is -0.300. The van der Waals surface area contributed by atoms with Crippen LogP contribution in [-0.2, 0) is 4.74 Å². The minimum absolute atomic E-state index is 0.390. The maximum absolute atomic E-state index is 5.15. The Morgan fingerprint density at radius 1 is 1.33 bits per heavy atom. The summed E-state index contributed by atoms with van der Waals surface area (Å²) in [5, 5.41) is 0. The summed E-state index contributed by atoms with van der Waals surface area (Å²) >= 11 is 0. The van der Waals surface area contributed by atoms with Crippen LogP contribution in [0.15, 0.2) is 12.2 Å². The minimum Gasteiger partial charge on any atom is -0.377 e. The average Bonchev–Trinajstić information content (AvgIpc) is 1.90. The van der Waals surface area contributed by atoms with Gasteiger partial charge in [0.2, 0.25) is 0 Å². The molecule has 0 unspecified atom stereocenters. The van der Waals surface area contributed by atoms with Crippen molar-refractivity contribution < 1.29 is 4.74 Å². The highest BCUT2D eigenvalue weighted by atomic mass is 16.5. The first-order valence-corrected chi connectivity index (χ1v) is 3.54. The monoisotopic (exact) mass is 126 g/mol. The first-order chi connectivity index (χ1) is 4.33. The van der Waals surface area contributed by atoms with Crippen LogP contribution in [0.1, 0.15) is 19.8 Å². The molecule has 1 heteroatoms. The molecule has 0 radical (unpaired) electrons. The highest BCUT2D eigenvalue weighted by molar-refractivity contribution is 4.97. The predicted molar refractivity (Wildman–Crippen MR) is 38.3 cm³/mol. The lowest BCUT2D eigenvalue weighted by atomic mass is 9.96. The van der Waals surface area contributed by atoms with E-state index in [1.165, 1.54) is 12.8 Å². The molecule has 0 bridgehead atoms. The molecule has 0 saturated carbocycles. The third-order valence-corrected chi connectivity index (χ3v) is 1.86. The average molecular weight is 126 g/mol. The molecule has 9 heavy (non-hydrogen) atoms. The molecule has 1 rings (SSSR count). The Balaban J connectivity index is 2.38. The normalized spacial score (nSPS) is 34.9. The summed E-state index contributed by atoms with van der Waals surface area (Å²) in [5.41, 5.74) is 0. The topological polar surface area (TPSA) is 9.23 Å². The molecule has 0 saturated heterocycles. The van der Waals surface area contributed by atoms with Crippen LogP contribution < -0.4 is 0 Å². The molecule has 0 aromatic heterocycles. The Labute approximate surface area is 56.7 Å². The summed E-state index contributed by atoms with van der Waals surface area (Å²) in [6.45, 7) is 2.24. The number of methoxy groups -OCH3 is 1. The predicted octanol–water partition coefficient (Wildman–Crippen LogP) is 1.99. The molecule has 0 aromatic carbocycles. The fraction of sp³-hybridized carbons (Fsp3) is 0.750. The van der Waals surface area contributed by atoms with Crippen LogP contribution in [-0.4, -0.2) is 13.2 Å². The van der Waals surface area contributed by atoms with Crippen molar-refractivity contribution in [1.29, 1.82) is 0 Å². The Kier molecular flexibility index (Phi) is 2.29. The highest BCUT2D eigenvalue weighted by Gasteiger charge is 2.10. The first kappa shape index (κ1) is 6.81. The van der Waals surface area contributed by atoms with Crippen molar-refractivity contribution in [3.8, 4) is 0 Å². The molecule has 0 N–H and O–H groups in total. The molecular formula is C8H14O. The standard InChI is InChI=1S/C8H14O/c1-7-3-5-8(9-2)6-4-7/h3,5,7-8H,4,6H2,1-2H3/t7-,8+/m0/s1. The summed E-state index contributed by atoms with van der Waals surface area (Å²) in [5.74, 6) is 0.761. The van der Waals surface area contributed by atoms with Crippen LogP contribution in [0.2, 0.25) is 0 Å². The van der Waals surface area contributed by atoms with Crippen molar-refractivity contribution in [3.63, 3.8) is 0 Å². The van der Waals surface area contributed by atoms with Gasteiger partial charge in [0, 0.05) is 7.11 Å². The van der Waals surface area contributed by atoms with Gasteiger partial charge in [0.15, 0.2) is 0 Å². The van der Waals surface area contributed by atoms with E-state index >= 15 is 0 Å². The number of hydrogen-bond acceptors (Lipinski definition) is 1. The van der Waals surface area contributed by atoms with E-state index in [-0.39, 0.29) is 0 Å². The van der Waals surface area contributed by atoms with Gasteiger partial charge in [-0.05, 0) is 18.8 Å². The minimum atomic E-state index is 0.390. The van der Waals surface area contributed by atoms with Crippen molar-refractivity contribution >= 4 is 0 Å². The smallest absolute Gasteiger partial charge is 0.0752 e. The van der Waals surface area contributed by atoms with Gasteiger partial charge >= 0.3 is 0 Å². The molecule has 1 aliphatic carbocycles. The second kappa shape index (κ2) is 3.02. The summed E-state index contributed by atoms with van der Waals surface area (Å²) in [7, 11) is 1.77. The van der Waals surface area contributed by atoms with Gasteiger partial charge in [0.1, 0.15) is 0 Å². The van der Waals surface area contributed by atoms with E-state index in [4.69, 9.17) is 4.74 Å². The largest absolute Gasteiger partial charge is 0.377 e. The van der Waals surface area contributed by atoms with Gasteiger partial charge in [-0.2, -0.15) is 0 Å². The van der Waals surface area contributed by atoms with Gasteiger partial charge in [0.05, 0.1) is 6.10 Å². The van der Waals surface area contributed by atoms with Crippen LogP contribution in [0.4, 0.5) is 0 Å². The molecule has 0 aromatic rings. The number of ether oxygens (including phenoxy) is 1. The maximum Gasteiger partial charge on any atom is 0.0752 e. The van der Waals surface area contributed by atoms with Crippen LogP contribution in [0.5, 0.6) is 0 Å². The fourth-order valence-electron chi connectivity index (χ4n) is 1.13. The third-order valence-electron chi connectivity index (χ3n) is 1.86. The van der Waals surface area contributed by atoms with Gasteiger partial charge in [-0.1, -0.05) is 19.1 Å². The summed E-state index contributed by atoms with van der Waals surface area (Å²) < 4.78 is 5.15. The lowest BCUT2D eigenvalue weighted by Crippen LogP contribution is -2.12. The van der Waals surface area contributed by atoms with Crippen LogP contribution in [0.25, 0.3) is 0 Å². The summed E-state index contributed by atoms with van der Waals surface area (Å²) in [4.78, 5) is 0. The number of hydrogen-bond donors (Lipinski definition) is 0. The van der Waals surface area contributed by atoms with Crippen molar-refractivity contribution in [1.82, 2.24) is 0 Å². The summed E-state index contributed by atoms with van der Waals surface area (Å²) in [6.07, 6.45) is 7.25. The molecule has 0 fully saturated rings. The second-order valence-corrected chi connectivity index (χ2v) is 2.71. The van der Waals surface area contributed by atoms with E-state index in [2.05, 4.69) is 19.1 Å². The van der Waals surface area contributed by atoms with Crippen molar-refractivity contribution in [3.05, 3.63) is 12.2 Å². The molecule has 0 spiro atoms. The van der Waals surface area contributed by atoms with Crippen LogP contribution in [0, 0.1) is 5.92 Å². The van der Waals surface area contributed by atoms with E-state index < -0.39 is 0 Å². The van der Waals surface area contributed by atoms with E-state index in [0.29, 0.717) is 6.10 Å². The summed E-state index contributed by atoms with van der Waals surface area (Å²) in [6, 6.07) is 0. The fourth-order valence-corrected chi connectivity index (χ4v) is 1.13. The van der Waals surface area contributed by atoms with Gasteiger partial charge in [-0.3, -0.25) is 0 Å². The molecule has 1 nitrogen and oxygen atoms in total. The molecule has 1 aliphatic rings. The maximum atomic E-state index is 5.15. The number of allylic oxidation sites excluding steroid dienone is 1. The van der Waals surface area contributed by atoms with Gasteiger partial charge in [-0.15, -0.1) is 0 Å². The van der Waals surface area contributed by atoms with Crippen molar-refractivity contribution in [2.45, 2.75) is 25.9 Å². The van der Waals surface area contributed by atoms with Crippen molar-refractivity contribution in [2.24, 2.45) is 5.92 Å². The Bertz CT molecular complexity index is 107. The van der Waals surface area contributed by atoms with Gasteiger partial charge < -0.3 is 4.74 Å². The van der Waals surface area contributed by atoms with E-state index in [9.17, 15) is 0 Å². The first-order valence-electron chi connectivity index (χ1n) is 3.54. The van der Waals surface area contributed by atoms with E-state index in [1.54, 1.807) is 7.11 Å². The van der Waals surface area contributed by atoms with Gasteiger partial charge in [-0.25, -0.2) is 0 Å². The molecule has 0 amide bonds. The Morgan fingerprint density at radius 2 is 2.11 bits per heavy atom. The second-order valence-electron chi connectivity index (χ2n) is 2.71. The molecule has 52 valence electrons. The molecule has 0 heterocycles. The van der Waals surface area contributed by atoms with Crippen LogP contribution >= 0.6 is 0 Å². The molecule has 2 atom stereocenters. The quantitative estimate of drug-likeness (QED) is 0.488. The molecule has 0 aliphatic heterocycles. The lowest BCUT2D eigenvalue weighted by molar-refractivity contribution is 0.123. The lowest BCUT2D eigenvalue weighted by Gasteiger charge is -2.18. The van der Waals surface area contributed by atoms with E-state index in [0.717, 1.165) is 5.92 Å². The van der Waals surface area contributed by atoms with Gasteiger partial charge in [0.25, 0.3) is 0 Å². The SMILES string of the molecule is CO[C@@H]1C=C[C@H](C)CC1.